The van der Waals surface area contributed by atoms with Crippen LogP contribution in [0.5, 0.6) is 0 Å². The zero-order chi connectivity index (χ0) is 18.8. The Morgan fingerprint density at radius 3 is 3.07 bits per heavy atom. The summed E-state index contributed by atoms with van der Waals surface area (Å²) >= 11 is 0. The summed E-state index contributed by atoms with van der Waals surface area (Å²) in [6.07, 6.45) is 7.37. The van der Waals surface area contributed by atoms with Gasteiger partial charge < -0.3 is 9.47 Å². The summed E-state index contributed by atoms with van der Waals surface area (Å²) in [6, 6.07) is 6.19. The van der Waals surface area contributed by atoms with Gasteiger partial charge >= 0.3 is 0 Å². The molecule has 2 aromatic heterocycles. The first-order valence-corrected chi connectivity index (χ1v) is 9.18. The molecule has 1 N–H and O–H groups in total. The number of hydrogen-bond acceptors (Lipinski definition) is 3. The highest BCUT2D eigenvalue weighted by Gasteiger charge is 2.27. The molecule has 0 saturated carbocycles. The van der Waals surface area contributed by atoms with E-state index >= 15 is 0 Å². The minimum Gasteiger partial charge on any atom is -0.338 e. The van der Waals surface area contributed by atoms with E-state index in [1.165, 1.54) is 18.3 Å². The van der Waals surface area contributed by atoms with Crippen LogP contribution in [0.4, 0.5) is 4.39 Å². The molecule has 3 heterocycles. The molecule has 0 aliphatic carbocycles. The fourth-order valence-electron chi connectivity index (χ4n) is 3.76. The lowest BCUT2D eigenvalue weighted by molar-refractivity contribution is 0.0663. The van der Waals surface area contributed by atoms with Crippen LogP contribution in [0, 0.1) is 18.7 Å². The fraction of sp³-hybridized carbons (Fsp3) is 0.350. The molecule has 27 heavy (non-hydrogen) atoms. The third-order valence-electron chi connectivity index (χ3n) is 5.17. The van der Waals surface area contributed by atoms with Gasteiger partial charge in [0.1, 0.15) is 11.6 Å². The molecule has 0 spiro atoms. The van der Waals surface area contributed by atoms with Crippen molar-refractivity contribution in [3.63, 3.8) is 0 Å². The topological polar surface area (TPSA) is 66.8 Å². The molecule has 1 amide bonds. The predicted molar refractivity (Wildman–Crippen MR) is 99.6 cm³/mol. The van der Waals surface area contributed by atoms with Crippen LogP contribution in [-0.2, 0) is 6.54 Å². The number of amides is 1. The Hall–Kier alpha value is -2.96. The number of benzene rings is 1. The monoisotopic (exact) mass is 367 g/mol. The molecular weight excluding hydrogens is 345 g/mol. The number of aromatic nitrogens is 4. The molecule has 0 bridgehead atoms. The summed E-state index contributed by atoms with van der Waals surface area (Å²) in [5, 5.41) is 6.88. The minimum atomic E-state index is -0.339. The normalized spacial score (nSPS) is 17.3. The number of nitrogens with zero attached hydrogens (tertiary/aromatic N) is 4. The van der Waals surface area contributed by atoms with Crippen LogP contribution < -0.4 is 0 Å². The molecule has 1 aromatic carbocycles. The van der Waals surface area contributed by atoms with Crippen LogP contribution in [0.15, 0.2) is 42.9 Å². The number of halogens is 1. The second-order valence-corrected chi connectivity index (χ2v) is 7.06. The lowest BCUT2D eigenvalue weighted by Gasteiger charge is -2.33. The summed E-state index contributed by atoms with van der Waals surface area (Å²) in [4.78, 5) is 19.3. The highest BCUT2D eigenvalue weighted by atomic mass is 19.1. The first kappa shape index (κ1) is 17.5. The lowest BCUT2D eigenvalue weighted by atomic mass is 9.97. The fourth-order valence-corrected chi connectivity index (χ4v) is 3.76. The highest BCUT2D eigenvalue weighted by molar-refractivity contribution is 5.99. The Bertz CT molecular complexity index is 947. The summed E-state index contributed by atoms with van der Waals surface area (Å²) in [7, 11) is 0. The third kappa shape index (κ3) is 3.63. The van der Waals surface area contributed by atoms with Gasteiger partial charge in [-0.15, -0.1) is 0 Å². The smallest absolute Gasteiger partial charge is 0.257 e. The van der Waals surface area contributed by atoms with Crippen molar-refractivity contribution in [2.75, 3.05) is 13.1 Å². The number of rotatable bonds is 4. The van der Waals surface area contributed by atoms with Gasteiger partial charge in [-0.05, 0) is 37.8 Å². The van der Waals surface area contributed by atoms with Gasteiger partial charge in [-0.1, -0.05) is 12.1 Å². The molecule has 1 aliphatic heterocycles. The number of carbonyl (C=O) groups excluding carboxylic acids is 1. The summed E-state index contributed by atoms with van der Waals surface area (Å²) in [5.74, 6) is 0.978. The second-order valence-electron chi connectivity index (χ2n) is 7.06. The number of aryl methyl sites for hydroxylation is 1. The predicted octanol–water partition coefficient (Wildman–Crippen LogP) is 3.27. The number of piperidine rings is 1. The van der Waals surface area contributed by atoms with Crippen molar-refractivity contribution >= 4 is 5.91 Å². The number of aromatic amines is 1. The molecule has 140 valence electrons. The molecule has 0 unspecified atom stereocenters. The molecule has 1 aliphatic rings. The first-order valence-electron chi connectivity index (χ1n) is 9.18. The van der Waals surface area contributed by atoms with Gasteiger partial charge in [0, 0.05) is 37.6 Å². The molecule has 4 rings (SSSR count). The molecule has 0 radical (unpaired) electrons. The van der Waals surface area contributed by atoms with Crippen molar-refractivity contribution in [3.05, 3.63) is 60.1 Å². The number of likely N-dealkylation sites (tertiary alicyclic amines) is 1. The Labute approximate surface area is 157 Å². The van der Waals surface area contributed by atoms with E-state index in [9.17, 15) is 9.18 Å². The van der Waals surface area contributed by atoms with Crippen molar-refractivity contribution in [2.45, 2.75) is 26.3 Å². The van der Waals surface area contributed by atoms with E-state index in [1.54, 1.807) is 18.3 Å². The van der Waals surface area contributed by atoms with Gasteiger partial charge in [-0.3, -0.25) is 9.89 Å². The summed E-state index contributed by atoms with van der Waals surface area (Å²) in [5.41, 5.74) is 1.67. The Kier molecular flexibility index (Phi) is 4.75. The molecular formula is C20H22FN5O. The van der Waals surface area contributed by atoms with Crippen LogP contribution in [0.3, 0.4) is 0 Å². The maximum Gasteiger partial charge on any atom is 0.257 e. The van der Waals surface area contributed by atoms with Crippen molar-refractivity contribution in [2.24, 2.45) is 5.92 Å². The number of nitrogens with one attached hydrogen (secondary N) is 1. The van der Waals surface area contributed by atoms with E-state index in [1.807, 2.05) is 18.0 Å². The zero-order valence-electron chi connectivity index (χ0n) is 15.2. The maximum atomic E-state index is 13.6. The quantitative estimate of drug-likeness (QED) is 0.770. The van der Waals surface area contributed by atoms with Crippen molar-refractivity contribution in [1.29, 1.82) is 0 Å². The van der Waals surface area contributed by atoms with E-state index in [0.29, 0.717) is 29.3 Å². The number of carbonyl (C=O) groups is 1. The van der Waals surface area contributed by atoms with E-state index in [4.69, 9.17) is 0 Å². The van der Waals surface area contributed by atoms with Gasteiger partial charge in [-0.25, -0.2) is 9.37 Å². The Morgan fingerprint density at radius 1 is 1.41 bits per heavy atom. The van der Waals surface area contributed by atoms with Crippen LogP contribution in [0.2, 0.25) is 0 Å². The molecule has 3 aromatic rings. The van der Waals surface area contributed by atoms with E-state index in [2.05, 4.69) is 19.7 Å². The number of H-pyrrole nitrogens is 1. The van der Waals surface area contributed by atoms with Gasteiger partial charge in [0.05, 0.1) is 17.5 Å². The van der Waals surface area contributed by atoms with Crippen molar-refractivity contribution in [3.8, 4) is 11.3 Å². The van der Waals surface area contributed by atoms with Crippen LogP contribution in [0.1, 0.15) is 29.0 Å². The highest BCUT2D eigenvalue weighted by Crippen LogP contribution is 2.26. The standard InChI is InChI=1S/C20H22FN5O/c1-14-22-7-9-25(14)12-15-4-3-8-26(13-15)20(27)18-11-23-24-19(18)16-5-2-6-17(21)10-16/h2,5-7,9-11,15H,3-4,8,12-13H2,1H3,(H,23,24)/t15-/m0/s1. The van der Waals surface area contributed by atoms with Crippen LogP contribution in [-0.4, -0.2) is 43.6 Å². The number of hydrogen-bond donors (Lipinski definition) is 1. The molecule has 6 nitrogen and oxygen atoms in total. The van der Waals surface area contributed by atoms with E-state index < -0.39 is 0 Å². The van der Waals surface area contributed by atoms with Gasteiger partial charge in [0.25, 0.3) is 5.91 Å². The molecule has 1 saturated heterocycles. The maximum absolute atomic E-state index is 13.6. The second kappa shape index (κ2) is 7.34. The van der Waals surface area contributed by atoms with Gasteiger partial charge in [-0.2, -0.15) is 5.10 Å². The van der Waals surface area contributed by atoms with Gasteiger partial charge in [0.15, 0.2) is 0 Å². The molecule has 1 fully saturated rings. The Morgan fingerprint density at radius 2 is 2.30 bits per heavy atom. The zero-order valence-corrected chi connectivity index (χ0v) is 15.2. The average Bonchev–Trinajstić information content (AvgIpc) is 3.31. The molecule has 7 heteroatoms. The first-order chi connectivity index (χ1) is 13.1. The van der Waals surface area contributed by atoms with E-state index in [0.717, 1.165) is 31.8 Å². The van der Waals surface area contributed by atoms with Crippen molar-refractivity contribution < 1.29 is 9.18 Å². The lowest BCUT2D eigenvalue weighted by Crippen LogP contribution is -2.41. The van der Waals surface area contributed by atoms with E-state index in [-0.39, 0.29) is 11.7 Å². The minimum absolute atomic E-state index is 0.0601. The molecule has 1 atom stereocenters. The SMILES string of the molecule is Cc1nccn1C[C@@H]1CCCN(C(=O)c2cn[nH]c2-c2cccc(F)c2)C1. The van der Waals surface area contributed by atoms with Crippen molar-refractivity contribution in [1.82, 2.24) is 24.6 Å². The summed E-state index contributed by atoms with van der Waals surface area (Å²) in [6.45, 7) is 4.27. The van der Waals surface area contributed by atoms with Crippen LogP contribution >= 0.6 is 0 Å². The van der Waals surface area contributed by atoms with Crippen LogP contribution in [0.25, 0.3) is 11.3 Å². The largest absolute Gasteiger partial charge is 0.338 e. The Balaban J connectivity index is 1.51. The number of imidazole rings is 1. The van der Waals surface area contributed by atoms with Gasteiger partial charge in [0.2, 0.25) is 0 Å². The summed E-state index contributed by atoms with van der Waals surface area (Å²) < 4.78 is 15.7. The third-order valence-corrected chi connectivity index (χ3v) is 5.17. The average molecular weight is 367 g/mol.